The van der Waals surface area contributed by atoms with Crippen LogP contribution in [0.4, 0.5) is 10.1 Å². The molecule has 1 atom stereocenters. The van der Waals surface area contributed by atoms with E-state index in [1.54, 1.807) is 32.1 Å². The highest BCUT2D eigenvalue weighted by molar-refractivity contribution is 7.99. The first-order chi connectivity index (χ1) is 20.0. The summed E-state index contributed by atoms with van der Waals surface area (Å²) < 4.78 is 20.6. The second-order valence-corrected chi connectivity index (χ2v) is 11.4. The van der Waals surface area contributed by atoms with Gasteiger partial charge in [-0.3, -0.25) is 19.5 Å². The number of halogens is 1. The molecule has 13 heteroatoms. The normalized spacial score (nSPS) is 14.9. The maximum atomic E-state index is 13.8. The SMILES string of the molecule is CCOC(=O)C1=C(C)N=c2s/c(=C/c3ccc(Sc4nc(C)cc(C)n4)c([N+](=O)[O-])c3)c(=O)n2[C@H]1c1ccc(F)cc1. The Morgan fingerprint density at radius 2 is 1.83 bits per heavy atom. The molecule has 4 aromatic rings. The molecule has 0 amide bonds. The molecule has 0 N–H and O–H groups in total. The lowest BCUT2D eigenvalue weighted by atomic mass is 9.96. The van der Waals surface area contributed by atoms with Crippen molar-refractivity contribution in [1.82, 2.24) is 14.5 Å². The second-order valence-electron chi connectivity index (χ2n) is 9.37. The van der Waals surface area contributed by atoms with Gasteiger partial charge in [-0.15, -0.1) is 0 Å². The fraction of sp³-hybridized carbons (Fsp3) is 0.207. The quantitative estimate of drug-likeness (QED) is 0.131. The van der Waals surface area contributed by atoms with E-state index < -0.39 is 28.3 Å². The van der Waals surface area contributed by atoms with Crippen LogP contribution in [0.5, 0.6) is 0 Å². The van der Waals surface area contributed by atoms with E-state index in [1.807, 2.05) is 19.9 Å². The number of hydrogen-bond acceptors (Lipinski definition) is 10. The monoisotopic (exact) mass is 605 g/mol. The van der Waals surface area contributed by atoms with E-state index in [0.29, 0.717) is 31.7 Å². The van der Waals surface area contributed by atoms with Gasteiger partial charge in [0.1, 0.15) is 5.82 Å². The Labute approximate surface area is 247 Å². The predicted octanol–water partition coefficient (Wildman–Crippen LogP) is 4.40. The molecule has 0 aliphatic carbocycles. The topological polar surface area (TPSA) is 130 Å². The third kappa shape index (κ3) is 5.78. The van der Waals surface area contributed by atoms with Gasteiger partial charge in [0.25, 0.3) is 11.2 Å². The highest BCUT2D eigenvalue weighted by Gasteiger charge is 2.33. The van der Waals surface area contributed by atoms with E-state index in [9.17, 15) is 24.1 Å². The zero-order valence-corrected chi connectivity index (χ0v) is 24.6. The Morgan fingerprint density at radius 3 is 2.48 bits per heavy atom. The van der Waals surface area contributed by atoms with Crippen molar-refractivity contribution in [2.75, 3.05) is 6.61 Å². The Bertz CT molecular complexity index is 1930. The van der Waals surface area contributed by atoms with Crippen LogP contribution in [0.2, 0.25) is 0 Å². The zero-order valence-electron chi connectivity index (χ0n) is 23.0. The average Bonchev–Trinajstić information content (AvgIpc) is 3.22. The number of allylic oxidation sites excluding steroid dienone is 1. The van der Waals surface area contributed by atoms with E-state index in [2.05, 4.69) is 15.0 Å². The Kier molecular flexibility index (Phi) is 8.14. The van der Waals surface area contributed by atoms with Crippen LogP contribution in [-0.4, -0.2) is 32.0 Å². The molecule has 0 fully saturated rings. The summed E-state index contributed by atoms with van der Waals surface area (Å²) in [5.41, 5.74) is 2.37. The number of fused-ring (bicyclic) bond motifs is 1. The molecule has 0 spiro atoms. The molecule has 3 heterocycles. The molecule has 0 saturated carbocycles. The fourth-order valence-corrected chi connectivity index (χ4v) is 6.59. The Balaban J connectivity index is 1.61. The molecule has 214 valence electrons. The molecule has 0 saturated heterocycles. The van der Waals surface area contributed by atoms with Gasteiger partial charge >= 0.3 is 5.97 Å². The Morgan fingerprint density at radius 1 is 1.14 bits per heavy atom. The number of ether oxygens (including phenoxy) is 1. The number of aryl methyl sites for hydroxylation is 2. The van der Waals surface area contributed by atoms with Gasteiger partial charge in [0.15, 0.2) is 9.96 Å². The molecular formula is C29H24FN5O5S2. The number of thiazole rings is 1. The first-order valence-electron chi connectivity index (χ1n) is 12.8. The summed E-state index contributed by atoms with van der Waals surface area (Å²) in [6.07, 6.45) is 1.55. The highest BCUT2D eigenvalue weighted by Crippen LogP contribution is 2.34. The van der Waals surface area contributed by atoms with Crippen molar-refractivity contribution in [3.05, 3.63) is 118 Å². The van der Waals surface area contributed by atoms with Crippen LogP contribution in [0, 0.1) is 29.8 Å². The number of hydrogen-bond donors (Lipinski definition) is 0. The number of nitrogens with zero attached hydrogens (tertiary/aromatic N) is 5. The van der Waals surface area contributed by atoms with E-state index in [4.69, 9.17) is 4.74 Å². The summed E-state index contributed by atoms with van der Waals surface area (Å²) in [6, 6.07) is 11.1. The van der Waals surface area contributed by atoms with Gasteiger partial charge in [0, 0.05) is 17.5 Å². The van der Waals surface area contributed by atoms with E-state index in [-0.39, 0.29) is 22.4 Å². The molecule has 0 radical (unpaired) electrons. The lowest BCUT2D eigenvalue weighted by Gasteiger charge is -2.24. The molecule has 5 rings (SSSR count). The number of carbonyl (C=O) groups is 1. The molecule has 1 aliphatic heterocycles. The number of carbonyl (C=O) groups excluding carboxylic acids is 1. The fourth-order valence-electron chi connectivity index (χ4n) is 4.59. The minimum atomic E-state index is -0.894. The number of benzene rings is 2. The number of rotatable bonds is 7. The highest BCUT2D eigenvalue weighted by atomic mass is 32.2. The van der Waals surface area contributed by atoms with Crippen molar-refractivity contribution in [2.24, 2.45) is 4.99 Å². The summed E-state index contributed by atoms with van der Waals surface area (Å²) in [5, 5.41) is 12.4. The second kappa shape index (κ2) is 11.8. The Hall–Kier alpha value is -4.49. The average molecular weight is 606 g/mol. The lowest BCUT2D eigenvalue weighted by Crippen LogP contribution is -2.39. The molecule has 10 nitrogen and oxygen atoms in total. The maximum absolute atomic E-state index is 13.8. The van der Waals surface area contributed by atoms with Crippen LogP contribution < -0.4 is 14.9 Å². The first kappa shape index (κ1) is 29.0. The number of nitro groups is 1. The smallest absolute Gasteiger partial charge is 0.338 e. The van der Waals surface area contributed by atoms with Crippen molar-refractivity contribution < 1.29 is 18.8 Å². The van der Waals surface area contributed by atoms with Crippen molar-refractivity contribution in [1.29, 1.82) is 0 Å². The molecule has 0 unspecified atom stereocenters. The van der Waals surface area contributed by atoms with Gasteiger partial charge in [-0.25, -0.2) is 24.1 Å². The maximum Gasteiger partial charge on any atom is 0.338 e. The predicted molar refractivity (Wildman–Crippen MR) is 156 cm³/mol. The summed E-state index contributed by atoms with van der Waals surface area (Å²) in [5.74, 6) is -1.09. The number of aromatic nitrogens is 3. The van der Waals surface area contributed by atoms with Gasteiger partial charge in [-0.2, -0.15) is 0 Å². The van der Waals surface area contributed by atoms with E-state index in [1.165, 1.54) is 34.9 Å². The minimum Gasteiger partial charge on any atom is -0.463 e. The number of esters is 1. The first-order valence-corrected chi connectivity index (χ1v) is 14.4. The van der Waals surface area contributed by atoms with Crippen LogP contribution >= 0.6 is 23.1 Å². The molecular weight excluding hydrogens is 581 g/mol. The van der Waals surface area contributed by atoms with Gasteiger partial charge in [-0.1, -0.05) is 29.5 Å². The van der Waals surface area contributed by atoms with Crippen LogP contribution in [0.1, 0.15) is 42.4 Å². The number of nitro benzene ring substituents is 1. The molecule has 42 heavy (non-hydrogen) atoms. The minimum absolute atomic E-state index is 0.124. The van der Waals surface area contributed by atoms with Gasteiger partial charge < -0.3 is 4.74 Å². The summed E-state index contributed by atoms with van der Waals surface area (Å²) >= 11 is 2.17. The van der Waals surface area contributed by atoms with E-state index >= 15 is 0 Å². The third-order valence-electron chi connectivity index (χ3n) is 6.34. The molecule has 2 aromatic carbocycles. The standard InChI is InChI=1S/C29H24FN5O5S2/c1-5-40-27(37)24-17(4)33-29-34(25(24)19-7-9-20(30)10-8-19)26(36)23(42-29)14-18-6-11-22(21(13-18)35(38)39)41-28-31-15(2)12-16(3)32-28/h6-14,25H,5H2,1-4H3/b23-14+/t25-/m0/s1. The van der Waals surface area contributed by atoms with Gasteiger partial charge in [0.05, 0.1) is 38.3 Å². The molecule has 1 aliphatic rings. The van der Waals surface area contributed by atoms with Crippen LogP contribution in [0.3, 0.4) is 0 Å². The molecule has 0 bridgehead atoms. The van der Waals surface area contributed by atoms with Crippen molar-refractivity contribution >= 4 is 40.8 Å². The van der Waals surface area contributed by atoms with Crippen LogP contribution in [0.25, 0.3) is 6.08 Å². The van der Waals surface area contributed by atoms with Crippen molar-refractivity contribution in [2.45, 2.75) is 43.8 Å². The summed E-state index contributed by atoms with van der Waals surface area (Å²) in [4.78, 5) is 52.1. The summed E-state index contributed by atoms with van der Waals surface area (Å²) in [6.45, 7) is 7.10. The summed E-state index contributed by atoms with van der Waals surface area (Å²) in [7, 11) is 0. The van der Waals surface area contributed by atoms with Crippen molar-refractivity contribution in [3.8, 4) is 0 Å². The lowest BCUT2D eigenvalue weighted by molar-refractivity contribution is -0.387. The zero-order chi connectivity index (χ0) is 30.1. The van der Waals surface area contributed by atoms with Crippen LogP contribution in [0.15, 0.2) is 79.6 Å². The third-order valence-corrected chi connectivity index (χ3v) is 8.26. The van der Waals surface area contributed by atoms with Crippen LogP contribution in [-0.2, 0) is 9.53 Å². The van der Waals surface area contributed by atoms with Gasteiger partial charge in [0.2, 0.25) is 0 Å². The molecule has 2 aromatic heterocycles. The largest absolute Gasteiger partial charge is 0.463 e. The van der Waals surface area contributed by atoms with Gasteiger partial charge in [-0.05, 0) is 80.9 Å². The van der Waals surface area contributed by atoms with Crippen molar-refractivity contribution in [3.63, 3.8) is 0 Å². The van der Waals surface area contributed by atoms with E-state index in [0.717, 1.165) is 34.5 Å².